The summed E-state index contributed by atoms with van der Waals surface area (Å²) in [6.07, 6.45) is 0. The molecule has 0 aliphatic heterocycles. The molecule has 0 saturated heterocycles. The molecule has 3 N–H and O–H groups in total. The van der Waals surface area contributed by atoms with E-state index in [2.05, 4.69) is 21.2 Å². The highest BCUT2D eigenvalue weighted by Crippen LogP contribution is 2.22. The molecule has 21 heavy (non-hydrogen) atoms. The summed E-state index contributed by atoms with van der Waals surface area (Å²) >= 11 is 3.33. The van der Waals surface area contributed by atoms with Crippen molar-refractivity contribution in [1.82, 2.24) is 0 Å². The fourth-order valence-corrected chi connectivity index (χ4v) is 3.61. The standard InChI is InChI=1S/C15H15BrN2O2S/c1-10-12(17)6-4-7-13(10)18-15(19)9-21(20)14-8-3-2-5-11(14)16/h2-8H,9,17H2,1H3,(H,18,19). The Bertz CT molecular complexity index is 704. The lowest BCUT2D eigenvalue weighted by Crippen LogP contribution is -2.20. The number of nitrogens with one attached hydrogen (secondary N) is 1. The van der Waals surface area contributed by atoms with Gasteiger partial charge in [0.1, 0.15) is 5.75 Å². The van der Waals surface area contributed by atoms with E-state index in [9.17, 15) is 9.00 Å². The summed E-state index contributed by atoms with van der Waals surface area (Å²) in [6.45, 7) is 1.83. The second-order valence-corrected chi connectivity index (χ2v) is 6.76. The molecule has 0 saturated carbocycles. The van der Waals surface area contributed by atoms with E-state index in [0.717, 1.165) is 10.0 Å². The molecule has 0 spiro atoms. The first kappa shape index (κ1) is 15.7. The fraction of sp³-hybridized carbons (Fsp3) is 0.133. The van der Waals surface area contributed by atoms with E-state index in [1.807, 2.05) is 13.0 Å². The van der Waals surface area contributed by atoms with Crippen LogP contribution in [0.4, 0.5) is 11.4 Å². The topological polar surface area (TPSA) is 72.2 Å². The Morgan fingerprint density at radius 3 is 2.67 bits per heavy atom. The van der Waals surface area contributed by atoms with Crippen molar-refractivity contribution in [2.24, 2.45) is 0 Å². The summed E-state index contributed by atoms with van der Waals surface area (Å²) in [7, 11) is -1.40. The van der Waals surface area contributed by atoms with Gasteiger partial charge in [0.15, 0.2) is 0 Å². The minimum atomic E-state index is -1.40. The first-order valence-corrected chi connectivity index (χ1v) is 8.38. The van der Waals surface area contributed by atoms with Gasteiger partial charge in [-0.2, -0.15) is 0 Å². The van der Waals surface area contributed by atoms with Crippen LogP contribution in [0.2, 0.25) is 0 Å². The Labute approximate surface area is 134 Å². The summed E-state index contributed by atoms with van der Waals surface area (Å²) in [5.41, 5.74) is 7.85. The maximum Gasteiger partial charge on any atom is 0.237 e. The van der Waals surface area contributed by atoms with Crippen LogP contribution < -0.4 is 11.1 Å². The normalized spacial score (nSPS) is 11.9. The highest BCUT2D eigenvalue weighted by Gasteiger charge is 2.13. The smallest absolute Gasteiger partial charge is 0.237 e. The van der Waals surface area contributed by atoms with Crippen LogP contribution in [-0.2, 0) is 15.6 Å². The number of hydrogen-bond donors (Lipinski definition) is 2. The van der Waals surface area contributed by atoms with Crippen molar-refractivity contribution >= 4 is 44.0 Å². The van der Waals surface area contributed by atoms with Crippen molar-refractivity contribution in [1.29, 1.82) is 0 Å². The average Bonchev–Trinajstić information content (AvgIpc) is 2.44. The molecule has 6 heteroatoms. The quantitative estimate of drug-likeness (QED) is 0.816. The molecule has 2 rings (SSSR count). The zero-order chi connectivity index (χ0) is 15.4. The zero-order valence-electron chi connectivity index (χ0n) is 11.4. The van der Waals surface area contributed by atoms with Crippen molar-refractivity contribution in [3.8, 4) is 0 Å². The number of anilines is 2. The minimum absolute atomic E-state index is 0.100. The van der Waals surface area contributed by atoms with Crippen molar-refractivity contribution in [2.75, 3.05) is 16.8 Å². The highest BCUT2D eigenvalue weighted by molar-refractivity contribution is 9.10. The SMILES string of the molecule is Cc1c(N)cccc1NC(=O)CS(=O)c1ccccc1Br. The molecular weight excluding hydrogens is 352 g/mol. The predicted octanol–water partition coefficient (Wildman–Crippen LogP) is 3.09. The Hall–Kier alpha value is -1.66. The molecule has 110 valence electrons. The molecule has 0 bridgehead atoms. The van der Waals surface area contributed by atoms with Crippen LogP contribution in [0.25, 0.3) is 0 Å². The maximum atomic E-state index is 12.2. The minimum Gasteiger partial charge on any atom is -0.398 e. The van der Waals surface area contributed by atoms with E-state index in [1.165, 1.54) is 0 Å². The predicted molar refractivity (Wildman–Crippen MR) is 89.6 cm³/mol. The van der Waals surface area contributed by atoms with E-state index < -0.39 is 10.8 Å². The Kier molecular flexibility index (Phi) is 5.14. The fourth-order valence-electron chi connectivity index (χ4n) is 1.80. The summed E-state index contributed by atoms with van der Waals surface area (Å²) in [6, 6.07) is 12.5. The second-order valence-electron chi connectivity index (χ2n) is 4.49. The molecular formula is C15H15BrN2O2S. The number of hydrogen-bond acceptors (Lipinski definition) is 3. The van der Waals surface area contributed by atoms with E-state index in [4.69, 9.17) is 5.73 Å². The lowest BCUT2D eigenvalue weighted by Gasteiger charge is -2.10. The summed E-state index contributed by atoms with van der Waals surface area (Å²) in [5, 5.41) is 2.74. The molecule has 4 nitrogen and oxygen atoms in total. The van der Waals surface area contributed by atoms with Gasteiger partial charge in [0.25, 0.3) is 0 Å². The lowest BCUT2D eigenvalue weighted by molar-refractivity contribution is -0.113. The number of benzene rings is 2. The van der Waals surface area contributed by atoms with Crippen molar-refractivity contribution in [3.05, 3.63) is 52.5 Å². The third-order valence-electron chi connectivity index (χ3n) is 2.99. The number of carbonyl (C=O) groups is 1. The van der Waals surface area contributed by atoms with E-state index in [1.54, 1.807) is 36.4 Å². The third kappa shape index (κ3) is 3.92. The van der Waals surface area contributed by atoms with Gasteiger partial charge in [-0.15, -0.1) is 0 Å². The van der Waals surface area contributed by atoms with Crippen LogP contribution >= 0.6 is 15.9 Å². The van der Waals surface area contributed by atoms with Gasteiger partial charge >= 0.3 is 0 Å². The van der Waals surface area contributed by atoms with Crippen LogP contribution in [-0.4, -0.2) is 15.9 Å². The van der Waals surface area contributed by atoms with Gasteiger partial charge in [0.05, 0.1) is 15.7 Å². The number of rotatable bonds is 4. The van der Waals surface area contributed by atoms with E-state index in [0.29, 0.717) is 16.3 Å². The third-order valence-corrected chi connectivity index (χ3v) is 5.32. The van der Waals surface area contributed by atoms with Gasteiger partial charge in [0.2, 0.25) is 5.91 Å². The maximum absolute atomic E-state index is 12.2. The first-order valence-electron chi connectivity index (χ1n) is 6.27. The van der Waals surface area contributed by atoms with Crippen LogP contribution in [0, 0.1) is 6.92 Å². The summed E-state index contributed by atoms with van der Waals surface area (Å²) in [5.74, 6) is -0.408. The van der Waals surface area contributed by atoms with Gasteiger partial charge in [-0.3, -0.25) is 9.00 Å². The van der Waals surface area contributed by atoms with Crippen LogP contribution in [0.3, 0.4) is 0 Å². The number of halogens is 1. The van der Waals surface area contributed by atoms with E-state index >= 15 is 0 Å². The average molecular weight is 367 g/mol. The Morgan fingerprint density at radius 1 is 1.24 bits per heavy atom. The zero-order valence-corrected chi connectivity index (χ0v) is 13.8. The molecule has 1 unspecified atom stereocenters. The Morgan fingerprint density at radius 2 is 1.95 bits per heavy atom. The molecule has 0 aliphatic rings. The van der Waals surface area contributed by atoms with Crippen LogP contribution in [0.15, 0.2) is 51.8 Å². The molecule has 0 heterocycles. The van der Waals surface area contributed by atoms with Crippen molar-refractivity contribution in [3.63, 3.8) is 0 Å². The number of nitrogens with two attached hydrogens (primary N) is 1. The number of nitrogen functional groups attached to an aromatic ring is 1. The highest BCUT2D eigenvalue weighted by atomic mass is 79.9. The van der Waals surface area contributed by atoms with Gasteiger partial charge in [-0.05, 0) is 52.7 Å². The molecule has 0 aromatic heterocycles. The van der Waals surface area contributed by atoms with E-state index in [-0.39, 0.29) is 11.7 Å². The molecule has 2 aromatic rings. The molecule has 0 aliphatic carbocycles. The first-order chi connectivity index (χ1) is 9.99. The summed E-state index contributed by atoms with van der Waals surface area (Å²) < 4.78 is 12.9. The van der Waals surface area contributed by atoms with Crippen LogP contribution in [0.5, 0.6) is 0 Å². The van der Waals surface area contributed by atoms with Crippen molar-refractivity contribution < 1.29 is 9.00 Å². The van der Waals surface area contributed by atoms with Gasteiger partial charge < -0.3 is 11.1 Å². The largest absolute Gasteiger partial charge is 0.398 e. The van der Waals surface area contributed by atoms with Crippen molar-refractivity contribution in [2.45, 2.75) is 11.8 Å². The van der Waals surface area contributed by atoms with Crippen LogP contribution in [0.1, 0.15) is 5.56 Å². The van der Waals surface area contributed by atoms with Gasteiger partial charge in [0, 0.05) is 15.8 Å². The number of amides is 1. The lowest BCUT2D eigenvalue weighted by atomic mass is 10.1. The monoisotopic (exact) mass is 366 g/mol. The molecule has 1 amide bonds. The summed E-state index contributed by atoms with van der Waals surface area (Å²) in [4.78, 5) is 12.6. The molecule has 1 atom stereocenters. The van der Waals surface area contributed by atoms with Gasteiger partial charge in [-0.25, -0.2) is 0 Å². The second kappa shape index (κ2) is 6.87. The number of carbonyl (C=O) groups excluding carboxylic acids is 1. The molecule has 0 radical (unpaired) electrons. The molecule has 2 aromatic carbocycles. The molecule has 0 fully saturated rings. The Balaban J connectivity index is 2.07. The van der Waals surface area contributed by atoms with Gasteiger partial charge in [-0.1, -0.05) is 18.2 Å².